The second kappa shape index (κ2) is 8.84. The first kappa shape index (κ1) is 23.0. The van der Waals surface area contributed by atoms with Crippen LogP contribution in [0.25, 0.3) is 0 Å². The Labute approximate surface area is 183 Å². The van der Waals surface area contributed by atoms with Crippen molar-refractivity contribution in [3.05, 3.63) is 46.3 Å². The van der Waals surface area contributed by atoms with Crippen molar-refractivity contribution < 1.29 is 22.7 Å². The van der Waals surface area contributed by atoms with Gasteiger partial charge in [0, 0.05) is 31.0 Å². The highest BCUT2D eigenvalue weighted by atomic mass is 32.2. The number of carbonyl (C=O) groups excluding carboxylic acids is 2. The van der Waals surface area contributed by atoms with Gasteiger partial charge in [0.2, 0.25) is 10.0 Å². The van der Waals surface area contributed by atoms with Crippen molar-refractivity contribution in [1.82, 2.24) is 9.29 Å². The predicted octanol–water partition coefficient (Wildman–Crippen LogP) is 2.69. The molecule has 1 aromatic heterocycles. The number of aromatic nitrogens is 1. The lowest BCUT2D eigenvalue weighted by Gasteiger charge is -2.20. The summed E-state index contributed by atoms with van der Waals surface area (Å²) in [6, 6.07) is 5.10. The van der Waals surface area contributed by atoms with Gasteiger partial charge < -0.3 is 14.6 Å². The van der Waals surface area contributed by atoms with Crippen LogP contribution < -0.4 is 4.90 Å². The van der Waals surface area contributed by atoms with Crippen molar-refractivity contribution in [2.24, 2.45) is 0 Å². The third-order valence-corrected chi connectivity index (χ3v) is 7.87. The normalized spacial score (nSPS) is 13.5. The number of ether oxygens (including phenoxy) is 1. The van der Waals surface area contributed by atoms with Crippen LogP contribution in [0.5, 0.6) is 0 Å². The maximum Gasteiger partial charge on any atom is 0.339 e. The van der Waals surface area contributed by atoms with Crippen molar-refractivity contribution in [2.45, 2.75) is 39.0 Å². The number of anilines is 1. The first-order valence-corrected chi connectivity index (χ1v) is 11.8. The van der Waals surface area contributed by atoms with Gasteiger partial charge in [0.1, 0.15) is 0 Å². The summed E-state index contributed by atoms with van der Waals surface area (Å²) in [5.41, 5.74) is 3.73. The maximum absolute atomic E-state index is 13.0. The summed E-state index contributed by atoms with van der Waals surface area (Å²) in [4.78, 5) is 30.2. The average Bonchev–Trinajstić information content (AvgIpc) is 3.27. The molecule has 168 valence electrons. The fraction of sp³-hybridized carbons (Fsp3) is 0.455. The van der Waals surface area contributed by atoms with Gasteiger partial charge in [0.05, 0.1) is 29.8 Å². The number of ketones is 1. The molecular weight excluding hydrogens is 418 g/mol. The van der Waals surface area contributed by atoms with E-state index in [1.54, 1.807) is 32.0 Å². The van der Waals surface area contributed by atoms with Crippen LogP contribution in [0.15, 0.2) is 23.1 Å². The molecule has 31 heavy (non-hydrogen) atoms. The molecule has 8 nitrogen and oxygen atoms in total. The van der Waals surface area contributed by atoms with Gasteiger partial charge >= 0.3 is 5.97 Å². The summed E-state index contributed by atoms with van der Waals surface area (Å²) >= 11 is 0. The fourth-order valence-corrected chi connectivity index (χ4v) is 5.68. The summed E-state index contributed by atoms with van der Waals surface area (Å²) < 4.78 is 31.9. The average molecular weight is 448 g/mol. The highest BCUT2D eigenvalue weighted by Crippen LogP contribution is 2.31. The Bertz CT molecular complexity index is 1120. The number of fused-ring (bicyclic) bond motifs is 1. The molecule has 0 amide bonds. The van der Waals surface area contributed by atoms with Crippen molar-refractivity contribution in [3.63, 3.8) is 0 Å². The number of aryl methyl sites for hydroxylation is 1. The van der Waals surface area contributed by atoms with Gasteiger partial charge in [0.25, 0.3) is 0 Å². The van der Waals surface area contributed by atoms with E-state index < -0.39 is 16.0 Å². The minimum absolute atomic E-state index is 0.135. The van der Waals surface area contributed by atoms with Crippen LogP contribution in [0.4, 0.5) is 5.69 Å². The van der Waals surface area contributed by atoms with Gasteiger partial charge in [-0.2, -0.15) is 4.31 Å². The van der Waals surface area contributed by atoms with E-state index in [0.29, 0.717) is 48.6 Å². The number of sulfonamides is 1. The zero-order valence-corrected chi connectivity index (χ0v) is 19.4. The van der Waals surface area contributed by atoms with E-state index in [1.165, 1.54) is 11.4 Å². The first-order chi connectivity index (χ1) is 14.6. The van der Waals surface area contributed by atoms with Crippen LogP contribution in [0, 0.1) is 13.8 Å². The van der Waals surface area contributed by atoms with E-state index in [4.69, 9.17) is 4.74 Å². The van der Waals surface area contributed by atoms with E-state index in [1.807, 2.05) is 18.7 Å². The highest BCUT2D eigenvalue weighted by molar-refractivity contribution is 7.89. The molecule has 1 N–H and O–H groups in total. The zero-order valence-electron chi connectivity index (χ0n) is 18.6. The minimum atomic E-state index is -3.53. The molecule has 0 atom stereocenters. The monoisotopic (exact) mass is 447 g/mol. The Morgan fingerprint density at radius 3 is 2.48 bits per heavy atom. The zero-order chi connectivity index (χ0) is 22.9. The summed E-state index contributed by atoms with van der Waals surface area (Å²) in [5.74, 6) is -0.609. The van der Waals surface area contributed by atoms with Crippen LogP contribution in [0.3, 0.4) is 0 Å². The predicted molar refractivity (Wildman–Crippen MR) is 118 cm³/mol. The molecule has 0 unspecified atom stereocenters. The maximum atomic E-state index is 13.0. The first-order valence-electron chi connectivity index (χ1n) is 10.3. The third kappa shape index (κ3) is 4.12. The molecule has 9 heteroatoms. The van der Waals surface area contributed by atoms with Crippen LogP contribution >= 0.6 is 0 Å². The molecule has 2 heterocycles. The standard InChI is InChI=1S/C22H29N3O5S/c1-6-25(7-2)31(28,29)17-8-9-18-16(12-17)10-11-24(18)13-19(26)21-14(3)20(15(4)23-21)22(27)30-5/h8-9,12,23H,6-7,10-11,13H2,1-5H3. The smallest absolute Gasteiger partial charge is 0.339 e. The molecule has 0 bridgehead atoms. The number of esters is 1. The number of nitrogens with one attached hydrogen (secondary N) is 1. The van der Waals surface area contributed by atoms with Crippen LogP contribution in [-0.4, -0.2) is 62.7 Å². The topological polar surface area (TPSA) is 99.8 Å². The van der Waals surface area contributed by atoms with E-state index >= 15 is 0 Å². The largest absolute Gasteiger partial charge is 0.465 e. The fourth-order valence-electron chi connectivity index (χ4n) is 4.17. The van der Waals surface area contributed by atoms with Gasteiger partial charge in [-0.15, -0.1) is 0 Å². The quantitative estimate of drug-likeness (QED) is 0.493. The Kier molecular flexibility index (Phi) is 6.56. The number of benzene rings is 1. The van der Waals surface area contributed by atoms with E-state index in [0.717, 1.165) is 11.3 Å². The van der Waals surface area contributed by atoms with Gasteiger partial charge in [-0.05, 0) is 49.6 Å². The van der Waals surface area contributed by atoms with Gasteiger partial charge in [0.15, 0.2) is 5.78 Å². The minimum Gasteiger partial charge on any atom is -0.465 e. The molecule has 1 aliphatic heterocycles. The molecule has 3 rings (SSSR count). The number of Topliss-reactive ketones (excluding diaryl/α,β-unsaturated/α-hetero) is 1. The molecule has 0 spiro atoms. The van der Waals surface area contributed by atoms with E-state index in [-0.39, 0.29) is 17.2 Å². The van der Waals surface area contributed by atoms with Gasteiger partial charge in [-0.1, -0.05) is 13.8 Å². The molecule has 1 aromatic carbocycles. The second-order valence-corrected chi connectivity index (χ2v) is 9.53. The van der Waals surface area contributed by atoms with Crippen LogP contribution in [0.2, 0.25) is 0 Å². The summed E-state index contributed by atoms with van der Waals surface area (Å²) in [5, 5.41) is 0. The Hall–Kier alpha value is -2.65. The van der Waals surface area contributed by atoms with Crippen molar-refractivity contribution in [3.8, 4) is 0 Å². The molecule has 0 saturated heterocycles. The number of carbonyl (C=O) groups is 2. The number of aromatic amines is 1. The second-order valence-electron chi connectivity index (χ2n) is 7.59. The van der Waals surface area contributed by atoms with E-state index in [2.05, 4.69) is 4.98 Å². The Morgan fingerprint density at radius 1 is 1.19 bits per heavy atom. The summed E-state index contributed by atoms with van der Waals surface area (Å²) in [7, 11) is -2.21. The molecule has 1 aliphatic rings. The van der Waals surface area contributed by atoms with Gasteiger partial charge in [-0.25, -0.2) is 13.2 Å². The Balaban J connectivity index is 1.83. The van der Waals surface area contributed by atoms with E-state index in [9.17, 15) is 18.0 Å². The molecule has 0 aliphatic carbocycles. The van der Waals surface area contributed by atoms with Crippen molar-refractivity contribution >= 4 is 27.5 Å². The molecule has 0 radical (unpaired) electrons. The number of rotatable bonds is 8. The highest BCUT2D eigenvalue weighted by Gasteiger charge is 2.28. The molecule has 2 aromatic rings. The van der Waals surface area contributed by atoms with Gasteiger partial charge in [-0.3, -0.25) is 4.79 Å². The lowest BCUT2D eigenvalue weighted by atomic mass is 10.1. The summed E-state index contributed by atoms with van der Waals surface area (Å²) in [6.45, 7) is 8.69. The molecular formula is C22H29N3O5S. The molecule has 0 fully saturated rings. The van der Waals surface area contributed by atoms with Crippen molar-refractivity contribution in [1.29, 1.82) is 0 Å². The number of hydrogen-bond acceptors (Lipinski definition) is 6. The lowest BCUT2D eigenvalue weighted by Crippen LogP contribution is -2.30. The molecule has 0 saturated carbocycles. The number of H-pyrrole nitrogens is 1. The third-order valence-electron chi connectivity index (χ3n) is 5.83. The number of methoxy groups -OCH3 is 1. The van der Waals surface area contributed by atoms with Crippen LogP contribution in [0.1, 0.15) is 51.5 Å². The van der Waals surface area contributed by atoms with Crippen molar-refractivity contribution in [2.75, 3.05) is 38.2 Å². The lowest BCUT2D eigenvalue weighted by molar-refractivity contribution is 0.0599. The summed E-state index contributed by atoms with van der Waals surface area (Å²) in [6.07, 6.45) is 0.667. The SMILES string of the molecule is CCN(CC)S(=O)(=O)c1ccc2c(c1)CCN2CC(=O)c1[nH]c(C)c(C(=O)OC)c1C. The Morgan fingerprint density at radius 2 is 1.87 bits per heavy atom. The van der Waals surface area contributed by atoms with Crippen LogP contribution in [-0.2, 0) is 21.2 Å². The number of hydrogen-bond donors (Lipinski definition) is 1. The number of nitrogens with zero attached hydrogens (tertiary/aromatic N) is 2.